The molecule has 0 atom stereocenters. The molecule has 0 unspecified atom stereocenters. The summed E-state index contributed by atoms with van der Waals surface area (Å²) in [5.41, 5.74) is 3.97. The zero-order chi connectivity index (χ0) is 14.8. The number of rotatable bonds is 3. The van der Waals surface area contributed by atoms with E-state index in [0.717, 1.165) is 27.8 Å². The smallest absolute Gasteiger partial charge is 0.335 e. The molecule has 0 bridgehead atoms. The average molecular weight is 278 g/mol. The summed E-state index contributed by atoms with van der Waals surface area (Å²) >= 11 is 0. The number of aromatic carboxylic acids is 1. The van der Waals surface area contributed by atoms with Gasteiger partial charge in [-0.3, -0.25) is 4.98 Å². The number of aromatic nitrogens is 1. The second-order valence-electron chi connectivity index (χ2n) is 4.89. The highest BCUT2D eigenvalue weighted by Crippen LogP contribution is 2.26. The Hall–Kier alpha value is -2.88. The highest BCUT2D eigenvalue weighted by molar-refractivity contribution is 5.98. The van der Waals surface area contributed by atoms with E-state index in [4.69, 9.17) is 5.11 Å². The molecule has 0 saturated carbocycles. The summed E-state index contributed by atoms with van der Waals surface area (Å²) in [5, 5.41) is 13.2. The van der Waals surface area contributed by atoms with Crippen LogP contribution in [0.15, 0.2) is 54.7 Å². The number of carboxylic acids is 1. The van der Waals surface area contributed by atoms with Crippen molar-refractivity contribution >= 4 is 28.2 Å². The number of nitrogens with one attached hydrogen (secondary N) is 1. The van der Waals surface area contributed by atoms with Gasteiger partial charge in [0, 0.05) is 23.0 Å². The van der Waals surface area contributed by atoms with E-state index in [1.165, 1.54) is 0 Å². The van der Waals surface area contributed by atoms with Gasteiger partial charge < -0.3 is 10.4 Å². The number of fused-ring (bicyclic) bond motifs is 1. The standard InChI is InChI=1S/C17H14N2O2/c1-11-3-2-4-13(9-11)19-16-7-8-18-15-6-5-12(17(20)21)10-14(15)16/h2-10H,1H3,(H,18,19)(H,20,21). The minimum absolute atomic E-state index is 0.253. The van der Waals surface area contributed by atoms with Gasteiger partial charge in [0.15, 0.2) is 0 Å². The van der Waals surface area contributed by atoms with Gasteiger partial charge in [0.25, 0.3) is 0 Å². The second kappa shape index (κ2) is 5.25. The van der Waals surface area contributed by atoms with Gasteiger partial charge in [-0.2, -0.15) is 0 Å². The normalized spacial score (nSPS) is 10.5. The maximum atomic E-state index is 11.1. The molecule has 1 heterocycles. The van der Waals surface area contributed by atoms with Gasteiger partial charge in [-0.05, 0) is 48.9 Å². The van der Waals surface area contributed by atoms with Crippen molar-refractivity contribution in [1.82, 2.24) is 4.98 Å². The number of benzene rings is 2. The van der Waals surface area contributed by atoms with Crippen molar-refractivity contribution in [2.45, 2.75) is 6.92 Å². The molecular formula is C17H14N2O2. The molecule has 0 amide bonds. The van der Waals surface area contributed by atoms with Crippen molar-refractivity contribution < 1.29 is 9.90 Å². The summed E-state index contributed by atoms with van der Waals surface area (Å²) in [4.78, 5) is 15.4. The van der Waals surface area contributed by atoms with Crippen LogP contribution in [0.2, 0.25) is 0 Å². The van der Waals surface area contributed by atoms with Crippen molar-refractivity contribution in [1.29, 1.82) is 0 Å². The molecule has 4 nitrogen and oxygen atoms in total. The lowest BCUT2D eigenvalue weighted by molar-refractivity contribution is 0.0697. The number of aryl methyl sites for hydroxylation is 1. The third-order valence-corrected chi connectivity index (χ3v) is 3.29. The largest absolute Gasteiger partial charge is 0.478 e. The molecule has 0 fully saturated rings. The Bertz CT molecular complexity index is 828. The lowest BCUT2D eigenvalue weighted by Crippen LogP contribution is -1.98. The van der Waals surface area contributed by atoms with Crippen LogP contribution in [-0.4, -0.2) is 16.1 Å². The molecule has 21 heavy (non-hydrogen) atoms. The van der Waals surface area contributed by atoms with Crippen molar-refractivity contribution in [3.8, 4) is 0 Å². The third kappa shape index (κ3) is 2.69. The van der Waals surface area contributed by atoms with Gasteiger partial charge in [-0.15, -0.1) is 0 Å². The zero-order valence-corrected chi connectivity index (χ0v) is 11.5. The maximum absolute atomic E-state index is 11.1. The van der Waals surface area contributed by atoms with Gasteiger partial charge in [0.1, 0.15) is 0 Å². The number of carboxylic acid groups (broad SMARTS) is 1. The number of hydrogen-bond acceptors (Lipinski definition) is 3. The first kappa shape index (κ1) is 13.1. The van der Waals surface area contributed by atoms with Crippen molar-refractivity contribution in [3.63, 3.8) is 0 Å². The van der Waals surface area contributed by atoms with E-state index in [0.29, 0.717) is 0 Å². The summed E-state index contributed by atoms with van der Waals surface area (Å²) in [5.74, 6) is -0.942. The van der Waals surface area contributed by atoms with E-state index >= 15 is 0 Å². The van der Waals surface area contributed by atoms with Crippen LogP contribution in [0.25, 0.3) is 10.9 Å². The predicted molar refractivity (Wildman–Crippen MR) is 83.2 cm³/mol. The molecule has 1 aromatic heterocycles. The van der Waals surface area contributed by atoms with E-state index in [9.17, 15) is 4.79 Å². The van der Waals surface area contributed by atoms with Crippen LogP contribution in [-0.2, 0) is 0 Å². The Kier molecular flexibility index (Phi) is 3.28. The third-order valence-electron chi connectivity index (χ3n) is 3.29. The molecule has 3 aromatic rings. The first-order chi connectivity index (χ1) is 10.1. The molecule has 0 radical (unpaired) electrons. The van der Waals surface area contributed by atoms with Gasteiger partial charge >= 0.3 is 5.97 Å². The Morgan fingerprint density at radius 1 is 1.14 bits per heavy atom. The highest BCUT2D eigenvalue weighted by atomic mass is 16.4. The lowest BCUT2D eigenvalue weighted by Gasteiger charge is -2.10. The Morgan fingerprint density at radius 3 is 2.76 bits per heavy atom. The number of carbonyl (C=O) groups is 1. The number of hydrogen-bond donors (Lipinski definition) is 2. The van der Waals surface area contributed by atoms with Gasteiger partial charge in [0.2, 0.25) is 0 Å². The van der Waals surface area contributed by atoms with Gasteiger partial charge in [-0.1, -0.05) is 12.1 Å². The molecule has 2 N–H and O–H groups in total. The Labute approximate surface area is 122 Å². The van der Waals surface area contributed by atoms with Crippen LogP contribution in [0.5, 0.6) is 0 Å². The molecule has 0 aliphatic heterocycles. The first-order valence-corrected chi connectivity index (χ1v) is 6.59. The van der Waals surface area contributed by atoms with Crippen LogP contribution >= 0.6 is 0 Å². The number of anilines is 2. The fourth-order valence-electron chi connectivity index (χ4n) is 2.27. The Balaban J connectivity index is 2.09. The zero-order valence-electron chi connectivity index (χ0n) is 11.5. The fraction of sp³-hybridized carbons (Fsp3) is 0.0588. The molecule has 0 aliphatic carbocycles. The SMILES string of the molecule is Cc1cccc(Nc2ccnc3ccc(C(=O)O)cc23)c1. The van der Waals surface area contributed by atoms with Crippen LogP contribution in [0, 0.1) is 6.92 Å². The predicted octanol–water partition coefficient (Wildman–Crippen LogP) is 3.99. The molecular weight excluding hydrogens is 264 g/mol. The summed E-state index contributed by atoms with van der Waals surface area (Å²) in [6.45, 7) is 2.03. The highest BCUT2D eigenvalue weighted by Gasteiger charge is 2.07. The number of nitrogens with zero attached hydrogens (tertiary/aromatic N) is 1. The summed E-state index contributed by atoms with van der Waals surface area (Å²) < 4.78 is 0. The molecule has 0 spiro atoms. The van der Waals surface area contributed by atoms with Crippen LogP contribution in [0.4, 0.5) is 11.4 Å². The average Bonchev–Trinajstić information content (AvgIpc) is 2.47. The molecule has 104 valence electrons. The van der Waals surface area contributed by atoms with Gasteiger partial charge in [0.05, 0.1) is 11.1 Å². The molecule has 3 rings (SSSR count). The lowest BCUT2D eigenvalue weighted by atomic mass is 10.1. The maximum Gasteiger partial charge on any atom is 0.335 e. The summed E-state index contributed by atoms with van der Waals surface area (Å²) in [7, 11) is 0. The molecule has 2 aromatic carbocycles. The first-order valence-electron chi connectivity index (χ1n) is 6.59. The number of pyridine rings is 1. The Morgan fingerprint density at radius 2 is 2.00 bits per heavy atom. The quantitative estimate of drug-likeness (QED) is 0.760. The van der Waals surface area contributed by atoms with Crippen molar-refractivity contribution in [3.05, 3.63) is 65.9 Å². The molecule has 4 heteroatoms. The van der Waals surface area contributed by atoms with Crippen LogP contribution in [0.3, 0.4) is 0 Å². The van der Waals surface area contributed by atoms with E-state index < -0.39 is 5.97 Å². The topological polar surface area (TPSA) is 62.2 Å². The van der Waals surface area contributed by atoms with Crippen LogP contribution in [0.1, 0.15) is 15.9 Å². The summed E-state index contributed by atoms with van der Waals surface area (Å²) in [6, 6.07) is 14.8. The molecule has 0 saturated heterocycles. The van der Waals surface area contributed by atoms with E-state index in [2.05, 4.69) is 10.3 Å². The van der Waals surface area contributed by atoms with Gasteiger partial charge in [-0.25, -0.2) is 4.79 Å². The van der Waals surface area contributed by atoms with E-state index in [1.807, 2.05) is 37.3 Å². The fourth-order valence-corrected chi connectivity index (χ4v) is 2.27. The van der Waals surface area contributed by atoms with E-state index in [-0.39, 0.29) is 5.56 Å². The minimum atomic E-state index is -0.942. The second-order valence-corrected chi connectivity index (χ2v) is 4.89. The van der Waals surface area contributed by atoms with Crippen LogP contribution < -0.4 is 5.32 Å². The van der Waals surface area contributed by atoms with Crippen molar-refractivity contribution in [2.24, 2.45) is 0 Å². The molecule has 0 aliphatic rings. The summed E-state index contributed by atoms with van der Waals surface area (Å²) in [6.07, 6.45) is 1.71. The van der Waals surface area contributed by atoms with Crippen molar-refractivity contribution in [2.75, 3.05) is 5.32 Å². The minimum Gasteiger partial charge on any atom is -0.478 e. The monoisotopic (exact) mass is 278 g/mol. The van der Waals surface area contributed by atoms with E-state index in [1.54, 1.807) is 24.4 Å².